The first kappa shape index (κ1) is 15.7. The van der Waals surface area contributed by atoms with E-state index in [1.165, 1.54) is 15.7 Å². The summed E-state index contributed by atoms with van der Waals surface area (Å²) in [5.41, 5.74) is 0.482. The largest absolute Gasteiger partial charge is 0.347 e. The average Bonchev–Trinajstić information content (AvgIpc) is 3.24. The van der Waals surface area contributed by atoms with Crippen LogP contribution in [-0.2, 0) is 15.9 Å². The zero-order valence-electron chi connectivity index (χ0n) is 13.5. The van der Waals surface area contributed by atoms with Crippen molar-refractivity contribution in [2.75, 3.05) is 26.3 Å². The smallest absolute Gasteiger partial charge is 0.271 e. The van der Waals surface area contributed by atoms with E-state index in [0.29, 0.717) is 56.2 Å². The number of hydrogen-bond donors (Lipinski definition) is 0. The van der Waals surface area contributed by atoms with Crippen molar-refractivity contribution in [2.24, 2.45) is 0 Å². The average molecular weight is 349 g/mol. The Balaban J connectivity index is 1.64. The maximum Gasteiger partial charge on any atom is 0.271 e. The number of fused-ring (bicyclic) bond motifs is 1. The van der Waals surface area contributed by atoms with Gasteiger partial charge in [-0.05, 0) is 6.42 Å². The molecule has 4 heterocycles. The van der Waals surface area contributed by atoms with Gasteiger partial charge in [0.15, 0.2) is 10.7 Å². The van der Waals surface area contributed by atoms with Gasteiger partial charge in [0.1, 0.15) is 5.56 Å². The van der Waals surface area contributed by atoms with Crippen LogP contribution in [-0.4, -0.2) is 52.3 Å². The molecule has 0 saturated carbocycles. The van der Waals surface area contributed by atoms with Crippen molar-refractivity contribution < 1.29 is 14.3 Å². The Hall–Kier alpha value is -1.77. The van der Waals surface area contributed by atoms with Crippen molar-refractivity contribution in [2.45, 2.75) is 32.0 Å². The molecule has 128 valence electrons. The molecule has 1 amide bonds. The van der Waals surface area contributed by atoms with E-state index in [4.69, 9.17) is 9.47 Å². The molecule has 2 aromatic rings. The predicted molar refractivity (Wildman–Crippen MR) is 88.5 cm³/mol. The van der Waals surface area contributed by atoms with Gasteiger partial charge in [-0.3, -0.25) is 14.0 Å². The Kier molecular flexibility index (Phi) is 3.90. The SMILES string of the molecule is CCc1nc2sccn2c(=O)c1C(=O)N1CCC2(CC1)OCCO2. The fourth-order valence-corrected chi connectivity index (χ4v) is 4.11. The molecule has 0 aliphatic carbocycles. The molecule has 2 saturated heterocycles. The van der Waals surface area contributed by atoms with E-state index in [9.17, 15) is 9.59 Å². The quantitative estimate of drug-likeness (QED) is 0.817. The number of hydrogen-bond acceptors (Lipinski definition) is 6. The molecule has 0 unspecified atom stereocenters. The van der Waals surface area contributed by atoms with Crippen molar-refractivity contribution in [1.29, 1.82) is 0 Å². The fraction of sp³-hybridized carbons (Fsp3) is 0.562. The summed E-state index contributed by atoms with van der Waals surface area (Å²) in [6.45, 7) is 4.16. The molecular weight excluding hydrogens is 330 g/mol. The highest BCUT2D eigenvalue weighted by Gasteiger charge is 2.41. The van der Waals surface area contributed by atoms with Crippen LogP contribution in [0.4, 0.5) is 0 Å². The van der Waals surface area contributed by atoms with E-state index < -0.39 is 5.79 Å². The Morgan fingerprint density at radius 1 is 1.33 bits per heavy atom. The van der Waals surface area contributed by atoms with E-state index in [-0.39, 0.29) is 17.0 Å². The van der Waals surface area contributed by atoms with E-state index in [1.54, 1.807) is 16.5 Å². The number of ether oxygens (including phenoxy) is 2. The number of likely N-dealkylation sites (tertiary alicyclic amines) is 1. The second kappa shape index (κ2) is 5.94. The number of aryl methyl sites for hydroxylation is 1. The second-order valence-electron chi connectivity index (χ2n) is 6.05. The molecule has 2 aliphatic heterocycles. The minimum absolute atomic E-state index is 0.192. The molecule has 0 atom stereocenters. The number of thiazole rings is 1. The summed E-state index contributed by atoms with van der Waals surface area (Å²) >= 11 is 1.39. The molecule has 8 heteroatoms. The Morgan fingerprint density at radius 3 is 2.71 bits per heavy atom. The van der Waals surface area contributed by atoms with Gasteiger partial charge in [-0.2, -0.15) is 0 Å². The summed E-state index contributed by atoms with van der Waals surface area (Å²) in [4.78, 5) is 32.5. The first-order valence-corrected chi connectivity index (χ1v) is 9.07. The lowest BCUT2D eigenvalue weighted by atomic mass is 10.0. The summed E-state index contributed by atoms with van der Waals surface area (Å²) in [6, 6.07) is 0. The third kappa shape index (κ3) is 2.45. The number of aromatic nitrogens is 2. The molecule has 0 N–H and O–H groups in total. The molecule has 7 nitrogen and oxygen atoms in total. The summed E-state index contributed by atoms with van der Waals surface area (Å²) < 4.78 is 12.8. The number of carbonyl (C=O) groups is 1. The lowest BCUT2D eigenvalue weighted by molar-refractivity contribution is -0.181. The molecule has 0 radical (unpaired) electrons. The molecule has 2 aliphatic rings. The van der Waals surface area contributed by atoms with Crippen LogP contribution in [0.15, 0.2) is 16.4 Å². The van der Waals surface area contributed by atoms with E-state index in [0.717, 1.165) is 0 Å². The first-order chi connectivity index (χ1) is 11.6. The van der Waals surface area contributed by atoms with Gasteiger partial charge < -0.3 is 14.4 Å². The number of rotatable bonds is 2. The zero-order valence-corrected chi connectivity index (χ0v) is 14.3. The number of piperidine rings is 1. The summed E-state index contributed by atoms with van der Waals surface area (Å²) in [6.07, 6.45) is 3.48. The highest BCUT2D eigenvalue weighted by atomic mass is 32.1. The standard InChI is InChI=1S/C16H19N3O4S/c1-2-11-12(14(21)19-7-10-24-15(19)17-11)13(20)18-5-3-16(4-6-18)22-8-9-23-16/h7,10H,2-6,8-9H2,1H3. The minimum Gasteiger partial charge on any atom is -0.347 e. The molecule has 2 fully saturated rings. The van der Waals surface area contributed by atoms with Gasteiger partial charge in [0.25, 0.3) is 11.5 Å². The van der Waals surface area contributed by atoms with E-state index in [1.807, 2.05) is 6.92 Å². The van der Waals surface area contributed by atoms with Gasteiger partial charge in [-0.25, -0.2) is 4.98 Å². The minimum atomic E-state index is -0.533. The van der Waals surface area contributed by atoms with Crippen molar-refractivity contribution in [1.82, 2.24) is 14.3 Å². The van der Waals surface area contributed by atoms with E-state index in [2.05, 4.69) is 4.98 Å². The van der Waals surface area contributed by atoms with Gasteiger partial charge in [-0.1, -0.05) is 6.92 Å². The Bertz CT molecular complexity index is 827. The predicted octanol–water partition coefficient (Wildman–Crippen LogP) is 1.30. The summed E-state index contributed by atoms with van der Waals surface area (Å²) in [5, 5.41) is 1.80. The third-order valence-electron chi connectivity index (χ3n) is 4.72. The third-order valence-corrected chi connectivity index (χ3v) is 5.47. The van der Waals surface area contributed by atoms with Crippen molar-refractivity contribution in [3.05, 3.63) is 33.2 Å². The lowest BCUT2D eigenvalue weighted by Crippen LogP contribution is -2.48. The van der Waals surface area contributed by atoms with Gasteiger partial charge in [-0.15, -0.1) is 11.3 Å². The Morgan fingerprint density at radius 2 is 2.04 bits per heavy atom. The molecule has 0 bridgehead atoms. The van der Waals surface area contributed by atoms with Crippen LogP contribution in [0.25, 0.3) is 4.96 Å². The maximum atomic E-state index is 13.0. The van der Waals surface area contributed by atoms with Crippen LogP contribution < -0.4 is 5.56 Å². The van der Waals surface area contributed by atoms with Crippen LogP contribution in [0.2, 0.25) is 0 Å². The number of nitrogens with zero attached hydrogens (tertiary/aromatic N) is 3. The van der Waals surface area contributed by atoms with E-state index >= 15 is 0 Å². The highest BCUT2D eigenvalue weighted by molar-refractivity contribution is 7.15. The Labute approximate surface area is 142 Å². The fourth-order valence-electron chi connectivity index (χ4n) is 3.39. The van der Waals surface area contributed by atoms with Crippen molar-refractivity contribution >= 4 is 22.2 Å². The van der Waals surface area contributed by atoms with Crippen LogP contribution >= 0.6 is 11.3 Å². The van der Waals surface area contributed by atoms with Gasteiger partial charge in [0, 0.05) is 37.5 Å². The molecular formula is C16H19N3O4S. The first-order valence-electron chi connectivity index (χ1n) is 8.19. The van der Waals surface area contributed by atoms with Crippen LogP contribution in [0.3, 0.4) is 0 Å². The molecule has 1 spiro atoms. The van der Waals surface area contributed by atoms with Crippen LogP contribution in [0.1, 0.15) is 35.8 Å². The maximum absolute atomic E-state index is 13.0. The monoisotopic (exact) mass is 349 g/mol. The van der Waals surface area contributed by atoms with Gasteiger partial charge >= 0.3 is 0 Å². The van der Waals surface area contributed by atoms with Crippen LogP contribution in [0, 0.1) is 0 Å². The molecule has 24 heavy (non-hydrogen) atoms. The zero-order chi connectivity index (χ0) is 16.7. The summed E-state index contributed by atoms with van der Waals surface area (Å²) in [5.74, 6) is -0.771. The highest BCUT2D eigenvalue weighted by Crippen LogP contribution is 2.31. The molecule has 0 aromatic carbocycles. The molecule has 2 aromatic heterocycles. The van der Waals surface area contributed by atoms with Gasteiger partial charge in [0.05, 0.1) is 18.9 Å². The van der Waals surface area contributed by atoms with Gasteiger partial charge in [0.2, 0.25) is 0 Å². The second-order valence-corrected chi connectivity index (χ2v) is 6.92. The number of amides is 1. The van der Waals surface area contributed by atoms with Crippen molar-refractivity contribution in [3.63, 3.8) is 0 Å². The summed E-state index contributed by atoms with van der Waals surface area (Å²) in [7, 11) is 0. The lowest BCUT2D eigenvalue weighted by Gasteiger charge is -2.37. The van der Waals surface area contributed by atoms with Crippen molar-refractivity contribution in [3.8, 4) is 0 Å². The molecule has 4 rings (SSSR count). The number of carbonyl (C=O) groups excluding carboxylic acids is 1. The topological polar surface area (TPSA) is 73.1 Å². The van der Waals surface area contributed by atoms with Crippen LogP contribution in [0.5, 0.6) is 0 Å². The normalized spacial score (nSPS) is 20.1.